The summed E-state index contributed by atoms with van der Waals surface area (Å²) in [6, 6.07) is 10.7. The summed E-state index contributed by atoms with van der Waals surface area (Å²) in [7, 11) is 0. The van der Waals surface area contributed by atoms with Crippen LogP contribution in [0.3, 0.4) is 0 Å². The number of halogens is 3. The third-order valence-electron chi connectivity index (χ3n) is 2.89. The molecule has 0 unspecified atom stereocenters. The summed E-state index contributed by atoms with van der Waals surface area (Å²) in [5.74, 6) is -1.25. The van der Waals surface area contributed by atoms with E-state index in [-0.39, 0.29) is 29.6 Å². The summed E-state index contributed by atoms with van der Waals surface area (Å²) in [5.41, 5.74) is 2.61. The van der Waals surface area contributed by atoms with Crippen LogP contribution in [0.25, 0.3) is 6.08 Å². The summed E-state index contributed by atoms with van der Waals surface area (Å²) < 4.78 is 0. The average molecular weight is 364 g/mol. The van der Waals surface area contributed by atoms with Gasteiger partial charge in [-0.2, -0.15) is 0 Å². The number of carbonyl (C=O) groups is 1. The van der Waals surface area contributed by atoms with Crippen molar-refractivity contribution in [1.82, 2.24) is 0 Å². The van der Waals surface area contributed by atoms with E-state index in [4.69, 9.17) is 34.8 Å². The van der Waals surface area contributed by atoms with E-state index in [1.165, 1.54) is 6.08 Å². The van der Waals surface area contributed by atoms with E-state index in [2.05, 4.69) is 0 Å². The molecule has 108 valence electrons. The molecule has 0 radical (unpaired) electrons. The summed E-state index contributed by atoms with van der Waals surface area (Å²) in [5, 5.41) is 12.1. The number of rotatable bonds is 4. The van der Waals surface area contributed by atoms with Gasteiger partial charge in [0.2, 0.25) is 0 Å². The molecule has 2 aromatic rings. The van der Waals surface area contributed by atoms with Crippen LogP contribution in [0.2, 0.25) is 15.1 Å². The van der Waals surface area contributed by atoms with Gasteiger partial charge in [-0.3, -0.25) is 0 Å². The van der Waals surface area contributed by atoms with Crippen molar-refractivity contribution in [2.24, 2.45) is 0 Å². The van der Waals surface area contributed by atoms with Crippen molar-refractivity contribution in [2.45, 2.75) is 6.42 Å². The fraction of sp³-hybridized carbons (Fsp3) is 0.0625. The van der Waals surface area contributed by atoms with E-state index in [0.29, 0.717) is 21.5 Å². The third kappa shape index (κ3) is 5.62. The Kier molecular flexibility index (Phi) is 7.98. The second kappa shape index (κ2) is 8.97. The Bertz CT molecular complexity index is 715. The second-order valence-electron chi connectivity index (χ2n) is 4.42. The van der Waals surface area contributed by atoms with Gasteiger partial charge in [-0.15, -0.1) is 0 Å². The van der Waals surface area contributed by atoms with Crippen LogP contribution in [0.15, 0.2) is 42.5 Å². The number of benzene rings is 2. The SMILES string of the molecule is O=C([O-])/C=C/c1cc(Cl)ccc1Cc1ccc(Cl)c(Cl)c1.[Na+]. The summed E-state index contributed by atoms with van der Waals surface area (Å²) in [4.78, 5) is 10.5. The van der Waals surface area contributed by atoms with Crippen molar-refractivity contribution < 1.29 is 39.5 Å². The van der Waals surface area contributed by atoms with E-state index >= 15 is 0 Å². The molecule has 0 bridgehead atoms. The molecule has 6 heteroatoms. The Morgan fingerprint density at radius 3 is 2.41 bits per heavy atom. The minimum absolute atomic E-state index is 0. The van der Waals surface area contributed by atoms with Crippen LogP contribution in [0, 0.1) is 0 Å². The molecule has 0 fully saturated rings. The fourth-order valence-electron chi connectivity index (χ4n) is 1.91. The standard InChI is InChI=1S/C16H11Cl3O2.Na/c17-13-4-2-11(12(9-13)3-6-16(20)21)7-10-1-5-14(18)15(19)8-10;/h1-6,8-9H,7H2,(H,20,21);/q;+1/p-1/b6-3+;. The van der Waals surface area contributed by atoms with Crippen molar-refractivity contribution in [3.63, 3.8) is 0 Å². The molecule has 0 aliphatic rings. The summed E-state index contributed by atoms with van der Waals surface area (Å²) in [6.07, 6.45) is 3.03. The molecule has 0 saturated carbocycles. The minimum atomic E-state index is -1.25. The molecule has 2 aromatic carbocycles. The Labute approximate surface area is 166 Å². The van der Waals surface area contributed by atoms with Crippen LogP contribution in [-0.4, -0.2) is 5.97 Å². The number of carbonyl (C=O) groups excluding carboxylic acids is 1. The van der Waals surface area contributed by atoms with Crippen molar-refractivity contribution >= 4 is 46.8 Å². The van der Waals surface area contributed by atoms with Gasteiger partial charge in [0, 0.05) is 5.02 Å². The van der Waals surface area contributed by atoms with Crippen molar-refractivity contribution in [3.8, 4) is 0 Å². The van der Waals surface area contributed by atoms with Gasteiger partial charge < -0.3 is 9.90 Å². The zero-order chi connectivity index (χ0) is 15.4. The van der Waals surface area contributed by atoms with Crippen LogP contribution in [0.1, 0.15) is 16.7 Å². The molecule has 0 atom stereocenters. The first-order chi connectivity index (χ1) is 9.95. The Morgan fingerprint density at radius 2 is 1.77 bits per heavy atom. The van der Waals surface area contributed by atoms with Crippen LogP contribution in [-0.2, 0) is 11.2 Å². The molecule has 0 aromatic heterocycles. The second-order valence-corrected chi connectivity index (χ2v) is 5.67. The Morgan fingerprint density at radius 1 is 1.05 bits per heavy atom. The molecule has 0 N–H and O–H groups in total. The van der Waals surface area contributed by atoms with E-state index in [0.717, 1.165) is 22.8 Å². The zero-order valence-corrected chi connectivity index (χ0v) is 16.0. The monoisotopic (exact) mass is 362 g/mol. The molecule has 2 nitrogen and oxygen atoms in total. The summed E-state index contributed by atoms with van der Waals surface area (Å²) >= 11 is 17.8. The van der Waals surface area contributed by atoms with Gasteiger partial charge in [-0.1, -0.05) is 53.0 Å². The van der Waals surface area contributed by atoms with Crippen LogP contribution in [0.5, 0.6) is 0 Å². The molecule has 0 spiro atoms. The maximum absolute atomic E-state index is 10.5. The minimum Gasteiger partial charge on any atom is -0.545 e. The average Bonchev–Trinajstić information content (AvgIpc) is 2.43. The van der Waals surface area contributed by atoms with Gasteiger partial charge in [-0.05, 0) is 53.5 Å². The molecule has 0 aliphatic heterocycles. The van der Waals surface area contributed by atoms with Gasteiger partial charge in [0.25, 0.3) is 0 Å². The molecule has 0 aliphatic carbocycles. The van der Waals surface area contributed by atoms with E-state index < -0.39 is 5.97 Å². The van der Waals surface area contributed by atoms with Crippen LogP contribution >= 0.6 is 34.8 Å². The predicted octanol–water partition coefficient (Wildman–Crippen LogP) is 1.00. The number of hydrogen-bond acceptors (Lipinski definition) is 2. The van der Waals surface area contributed by atoms with E-state index in [1.807, 2.05) is 12.1 Å². The fourth-order valence-corrected chi connectivity index (χ4v) is 2.41. The van der Waals surface area contributed by atoms with Crippen LogP contribution in [0.4, 0.5) is 0 Å². The molecular formula is C16H10Cl3NaO2. The van der Waals surface area contributed by atoms with Gasteiger partial charge in [0.1, 0.15) is 0 Å². The normalized spacial score (nSPS) is 10.5. The first-order valence-corrected chi connectivity index (χ1v) is 7.20. The first-order valence-electron chi connectivity index (χ1n) is 6.07. The largest absolute Gasteiger partial charge is 1.00 e. The maximum Gasteiger partial charge on any atom is 1.00 e. The van der Waals surface area contributed by atoms with Gasteiger partial charge in [0.15, 0.2) is 0 Å². The van der Waals surface area contributed by atoms with Crippen molar-refractivity contribution in [3.05, 3.63) is 74.2 Å². The van der Waals surface area contributed by atoms with Gasteiger partial charge in [0.05, 0.1) is 16.0 Å². The Hall–Kier alpha value is -0.480. The Balaban J connectivity index is 0.00000242. The van der Waals surface area contributed by atoms with Crippen molar-refractivity contribution in [1.29, 1.82) is 0 Å². The molecule has 0 amide bonds. The summed E-state index contributed by atoms with van der Waals surface area (Å²) in [6.45, 7) is 0. The molecule has 0 heterocycles. The van der Waals surface area contributed by atoms with Crippen LogP contribution < -0.4 is 34.7 Å². The molecular weight excluding hydrogens is 354 g/mol. The molecule has 0 saturated heterocycles. The number of carboxylic acids is 1. The van der Waals surface area contributed by atoms with E-state index in [9.17, 15) is 9.90 Å². The number of aliphatic carboxylic acids is 1. The molecule has 22 heavy (non-hydrogen) atoms. The zero-order valence-electron chi connectivity index (χ0n) is 11.8. The number of hydrogen-bond donors (Lipinski definition) is 0. The first kappa shape index (κ1) is 19.6. The van der Waals surface area contributed by atoms with Gasteiger partial charge >= 0.3 is 29.6 Å². The molecule has 2 rings (SSSR count). The van der Waals surface area contributed by atoms with E-state index in [1.54, 1.807) is 24.3 Å². The third-order valence-corrected chi connectivity index (χ3v) is 3.86. The number of carboxylic acid groups (broad SMARTS) is 1. The topological polar surface area (TPSA) is 40.1 Å². The van der Waals surface area contributed by atoms with Crippen molar-refractivity contribution in [2.75, 3.05) is 0 Å². The quantitative estimate of drug-likeness (QED) is 0.601. The maximum atomic E-state index is 10.5. The smallest absolute Gasteiger partial charge is 0.545 e. The predicted molar refractivity (Wildman–Crippen MR) is 84.8 cm³/mol. The van der Waals surface area contributed by atoms with Gasteiger partial charge in [-0.25, -0.2) is 0 Å².